The van der Waals surface area contributed by atoms with Gasteiger partial charge in [0, 0.05) is 23.3 Å². The van der Waals surface area contributed by atoms with Crippen molar-refractivity contribution < 1.29 is 18.2 Å². The van der Waals surface area contributed by atoms with Gasteiger partial charge < -0.3 is 10.6 Å². The molecular weight excluding hydrogens is 306 g/mol. The molecule has 118 valence electrons. The summed E-state index contributed by atoms with van der Waals surface area (Å²) in [4.78, 5) is 12.4. The number of Topliss-reactive ketones (excluding diaryl/α,β-unsaturated/α-hetero) is 1. The molecule has 23 heavy (non-hydrogen) atoms. The van der Waals surface area contributed by atoms with Crippen molar-refractivity contribution in [3.05, 3.63) is 46.7 Å². The van der Waals surface area contributed by atoms with Gasteiger partial charge in [-0.3, -0.25) is 4.79 Å². The average molecular weight is 318 g/mol. The van der Waals surface area contributed by atoms with Crippen LogP contribution in [-0.4, -0.2) is 16.1 Å². The number of benzene rings is 1. The third-order valence-electron chi connectivity index (χ3n) is 4.08. The molecule has 2 N–H and O–H groups in total. The standard InChI is InChI=1S/C15H12F2N4O2/c16-8-4-1-3-7(12(8)17)13-11-9(5-2-6-10(11)22)18-14-15(19-13)21-23-20-14/h1,3-4,13H,2,5-6H2,(H,18,20)(H,19,21)/t13-/m1/s1. The minimum Gasteiger partial charge on any atom is -0.353 e. The van der Waals surface area contributed by atoms with E-state index in [0.29, 0.717) is 36.4 Å². The van der Waals surface area contributed by atoms with Crippen LogP contribution in [0.15, 0.2) is 34.1 Å². The second-order valence-corrected chi connectivity index (χ2v) is 5.48. The molecule has 1 aliphatic carbocycles. The highest BCUT2D eigenvalue weighted by Crippen LogP contribution is 2.40. The van der Waals surface area contributed by atoms with Crippen LogP contribution in [0.3, 0.4) is 0 Å². The monoisotopic (exact) mass is 318 g/mol. The minimum absolute atomic E-state index is 0.0467. The van der Waals surface area contributed by atoms with E-state index in [4.69, 9.17) is 0 Å². The lowest BCUT2D eigenvalue weighted by Gasteiger charge is -2.25. The first-order valence-corrected chi connectivity index (χ1v) is 7.21. The van der Waals surface area contributed by atoms with Gasteiger partial charge in [-0.25, -0.2) is 13.4 Å². The second-order valence-electron chi connectivity index (χ2n) is 5.48. The van der Waals surface area contributed by atoms with Crippen molar-refractivity contribution in [1.82, 2.24) is 10.3 Å². The minimum atomic E-state index is -0.991. The van der Waals surface area contributed by atoms with Crippen molar-refractivity contribution in [3.8, 4) is 0 Å². The number of allylic oxidation sites excluding steroid dienone is 1. The van der Waals surface area contributed by atoms with E-state index in [-0.39, 0.29) is 17.2 Å². The summed E-state index contributed by atoms with van der Waals surface area (Å²) in [6.07, 6.45) is 1.66. The van der Waals surface area contributed by atoms with Gasteiger partial charge in [-0.2, -0.15) is 0 Å². The predicted molar refractivity (Wildman–Crippen MR) is 76.5 cm³/mol. The number of halogens is 2. The van der Waals surface area contributed by atoms with Crippen molar-refractivity contribution in [3.63, 3.8) is 0 Å². The van der Waals surface area contributed by atoms with Gasteiger partial charge in [0.2, 0.25) is 11.6 Å². The Morgan fingerprint density at radius 1 is 1.17 bits per heavy atom. The van der Waals surface area contributed by atoms with Crippen LogP contribution in [0.4, 0.5) is 20.4 Å². The Kier molecular flexibility index (Phi) is 3.10. The number of carbonyl (C=O) groups excluding carboxylic acids is 1. The van der Waals surface area contributed by atoms with Crippen LogP contribution in [0.25, 0.3) is 0 Å². The molecule has 6 nitrogen and oxygen atoms in total. The van der Waals surface area contributed by atoms with Crippen LogP contribution in [-0.2, 0) is 4.79 Å². The van der Waals surface area contributed by atoms with E-state index in [2.05, 4.69) is 25.6 Å². The van der Waals surface area contributed by atoms with E-state index in [1.807, 2.05) is 0 Å². The van der Waals surface area contributed by atoms with Crippen LogP contribution in [0.1, 0.15) is 30.9 Å². The molecule has 1 atom stereocenters. The first-order chi connectivity index (χ1) is 11.1. The van der Waals surface area contributed by atoms with Gasteiger partial charge in [0.05, 0.1) is 6.04 Å². The van der Waals surface area contributed by atoms with Gasteiger partial charge >= 0.3 is 0 Å². The van der Waals surface area contributed by atoms with E-state index in [1.54, 1.807) is 0 Å². The topological polar surface area (TPSA) is 80.1 Å². The molecule has 0 radical (unpaired) electrons. The maximum Gasteiger partial charge on any atom is 0.219 e. The molecule has 1 aliphatic heterocycles. The molecule has 0 fully saturated rings. The maximum absolute atomic E-state index is 14.3. The Labute approximate surface area is 129 Å². The highest BCUT2D eigenvalue weighted by molar-refractivity contribution is 6.00. The molecule has 0 saturated heterocycles. The van der Waals surface area contributed by atoms with E-state index in [1.165, 1.54) is 12.1 Å². The molecule has 4 rings (SSSR count). The molecular formula is C15H12F2N4O2. The van der Waals surface area contributed by atoms with E-state index in [0.717, 1.165) is 6.07 Å². The summed E-state index contributed by atoms with van der Waals surface area (Å²) in [6, 6.07) is 3.04. The molecule has 0 saturated carbocycles. The van der Waals surface area contributed by atoms with Crippen LogP contribution >= 0.6 is 0 Å². The van der Waals surface area contributed by atoms with E-state index in [9.17, 15) is 13.6 Å². The maximum atomic E-state index is 14.3. The van der Waals surface area contributed by atoms with Crippen LogP contribution in [0.2, 0.25) is 0 Å². The molecule has 0 bridgehead atoms. The molecule has 2 aromatic rings. The fourth-order valence-corrected chi connectivity index (χ4v) is 3.02. The lowest BCUT2D eigenvalue weighted by atomic mass is 9.86. The number of rotatable bonds is 1. The fourth-order valence-electron chi connectivity index (χ4n) is 3.02. The number of nitrogens with one attached hydrogen (secondary N) is 2. The zero-order valence-electron chi connectivity index (χ0n) is 11.9. The van der Waals surface area contributed by atoms with E-state index >= 15 is 0 Å². The van der Waals surface area contributed by atoms with Gasteiger partial charge in [0.25, 0.3) is 0 Å². The molecule has 2 aliphatic rings. The first kappa shape index (κ1) is 13.9. The number of ketones is 1. The van der Waals surface area contributed by atoms with Crippen LogP contribution in [0, 0.1) is 11.6 Å². The summed E-state index contributed by atoms with van der Waals surface area (Å²) in [5.41, 5.74) is 1.07. The number of aromatic nitrogens is 2. The summed E-state index contributed by atoms with van der Waals surface area (Å²) in [6.45, 7) is 0. The number of hydrogen-bond acceptors (Lipinski definition) is 6. The Morgan fingerprint density at radius 2 is 2.00 bits per heavy atom. The first-order valence-electron chi connectivity index (χ1n) is 7.21. The number of hydrogen-bond donors (Lipinski definition) is 2. The molecule has 0 unspecified atom stereocenters. The van der Waals surface area contributed by atoms with Crippen molar-refractivity contribution in [2.24, 2.45) is 0 Å². The largest absolute Gasteiger partial charge is 0.353 e. The number of nitrogens with zero attached hydrogens (tertiary/aromatic N) is 2. The highest BCUT2D eigenvalue weighted by atomic mass is 19.2. The average Bonchev–Trinajstić information content (AvgIpc) is 2.89. The normalized spacial score (nSPS) is 20.3. The van der Waals surface area contributed by atoms with Gasteiger partial charge in [-0.1, -0.05) is 12.1 Å². The Hall–Kier alpha value is -2.77. The SMILES string of the molecule is O=C1CCCC2=C1[C@@H](c1cccc(F)c1F)Nc1nonc1N2. The number of carbonyl (C=O) groups is 1. The summed E-state index contributed by atoms with van der Waals surface area (Å²) in [7, 11) is 0. The molecule has 2 heterocycles. The van der Waals surface area contributed by atoms with Gasteiger partial charge in [0.15, 0.2) is 17.4 Å². The molecule has 8 heteroatoms. The van der Waals surface area contributed by atoms with Gasteiger partial charge in [-0.05, 0) is 29.2 Å². The highest BCUT2D eigenvalue weighted by Gasteiger charge is 2.35. The van der Waals surface area contributed by atoms with Crippen molar-refractivity contribution in [2.45, 2.75) is 25.3 Å². The summed E-state index contributed by atoms with van der Waals surface area (Å²) < 4.78 is 32.6. The van der Waals surface area contributed by atoms with Crippen molar-refractivity contribution in [2.75, 3.05) is 10.6 Å². The van der Waals surface area contributed by atoms with Gasteiger partial charge in [-0.15, -0.1) is 0 Å². The predicted octanol–water partition coefficient (Wildman–Crippen LogP) is 2.93. The molecule has 1 aromatic carbocycles. The summed E-state index contributed by atoms with van der Waals surface area (Å²) in [5.74, 6) is -1.49. The van der Waals surface area contributed by atoms with Crippen molar-refractivity contribution in [1.29, 1.82) is 0 Å². The third-order valence-corrected chi connectivity index (χ3v) is 4.08. The Balaban J connectivity index is 1.91. The summed E-state index contributed by atoms with van der Waals surface area (Å²) in [5, 5.41) is 13.4. The smallest absolute Gasteiger partial charge is 0.219 e. The summed E-state index contributed by atoms with van der Waals surface area (Å²) >= 11 is 0. The van der Waals surface area contributed by atoms with Crippen molar-refractivity contribution >= 4 is 17.4 Å². The molecule has 1 aromatic heterocycles. The lowest BCUT2D eigenvalue weighted by molar-refractivity contribution is -0.116. The Bertz CT molecular complexity index is 831. The van der Waals surface area contributed by atoms with Gasteiger partial charge in [0.1, 0.15) is 0 Å². The van der Waals surface area contributed by atoms with Crippen LogP contribution in [0.5, 0.6) is 0 Å². The Morgan fingerprint density at radius 3 is 2.87 bits per heavy atom. The second kappa shape index (κ2) is 5.15. The quantitative estimate of drug-likeness (QED) is 0.841. The molecule has 0 spiro atoms. The zero-order valence-corrected chi connectivity index (χ0v) is 11.9. The van der Waals surface area contributed by atoms with E-state index < -0.39 is 17.7 Å². The number of fused-ring (bicyclic) bond motifs is 1. The molecule has 0 amide bonds. The number of anilines is 2. The van der Waals surface area contributed by atoms with Crippen LogP contribution < -0.4 is 10.6 Å². The zero-order chi connectivity index (χ0) is 16.0. The lowest BCUT2D eigenvalue weighted by Crippen LogP contribution is -2.24. The third kappa shape index (κ3) is 2.18. The fraction of sp³-hybridized carbons (Fsp3) is 0.267.